The minimum Gasteiger partial charge on any atom is -0.375 e. The molecule has 0 amide bonds. The third kappa shape index (κ3) is 5.14. The van der Waals surface area contributed by atoms with E-state index in [1.54, 1.807) is 12.1 Å². The lowest BCUT2D eigenvalue weighted by Crippen LogP contribution is -2.11. The van der Waals surface area contributed by atoms with Crippen molar-refractivity contribution in [3.05, 3.63) is 35.4 Å². The van der Waals surface area contributed by atoms with Crippen LogP contribution >= 0.6 is 0 Å². The van der Waals surface area contributed by atoms with Crippen LogP contribution < -0.4 is 5.73 Å². The van der Waals surface area contributed by atoms with Crippen molar-refractivity contribution in [1.29, 1.82) is 0 Å². The zero-order valence-corrected chi connectivity index (χ0v) is 8.76. The van der Waals surface area contributed by atoms with Gasteiger partial charge in [0.2, 0.25) is 0 Å². The molecule has 0 bridgehead atoms. The Kier molecular flexibility index (Phi) is 4.76. The number of rotatable bonds is 5. The number of benzene rings is 1. The Hall–Kier alpha value is -1.07. The van der Waals surface area contributed by atoms with E-state index in [0.29, 0.717) is 19.8 Å². The normalized spacial score (nSPS) is 11.8. The third-order valence-electron chi connectivity index (χ3n) is 1.96. The number of nitrogens with two attached hydrogens (primary N) is 1. The average Bonchev–Trinajstić information content (AvgIpc) is 2.19. The van der Waals surface area contributed by atoms with Crippen LogP contribution in [0.15, 0.2) is 24.3 Å². The van der Waals surface area contributed by atoms with Crippen LogP contribution in [0.5, 0.6) is 0 Å². The first-order valence-corrected chi connectivity index (χ1v) is 4.93. The summed E-state index contributed by atoms with van der Waals surface area (Å²) in [5.41, 5.74) is 6.34. The average molecular weight is 233 g/mol. The molecule has 0 atom stereocenters. The summed E-state index contributed by atoms with van der Waals surface area (Å²) in [6, 6.07) is 6.21. The summed E-state index contributed by atoms with van der Waals surface area (Å²) >= 11 is 0. The van der Waals surface area contributed by atoms with E-state index in [0.717, 1.165) is 5.56 Å². The Morgan fingerprint density at radius 3 is 2.12 bits per heavy atom. The van der Waals surface area contributed by atoms with Gasteiger partial charge in [-0.15, -0.1) is 0 Å². The lowest BCUT2D eigenvalue weighted by molar-refractivity contribution is -0.127. The molecule has 0 aliphatic carbocycles. The maximum atomic E-state index is 12.1. The minimum absolute atomic E-state index is 0.259. The summed E-state index contributed by atoms with van der Waals surface area (Å²) in [5.74, 6) is 0. The molecule has 0 saturated carbocycles. The maximum Gasteiger partial charge on any atom is 0.393 e. The number of hydrogen-bond acceptors (Lipinski definition) is 2. The monoisotopic (exact) mass is 233 g/mol. The van der Waals surface area contributed by atoms with Crippen LogP contribution in [0.25, 0.3) is 0 Å². The van der Waals surface area contributed by atoms with E-state index in [1.165, 1.54) is 12.1 Å². The van der Waals surface area contributed by atoms with Crippen LogP contribution in [0.4, 0.5) is 13.2 Å². The van der Waals surface area contributed by atoms with Gasteiger partial charge in [-0.3, -0.25) is 0 Å². The van der Waals surface area contributed by atoms with Gasteiger partial charge in [-0.1, -0.05) is 24.3 Å². The highest BCUT2D eigenvalue weighted by molar-refractivity contribution is 5.22. The molecule has 0 saturated heterocycles. The molecule has 1 rings (SSSR count). The van der Waals surface area contributed by atoms with Gasteiger partial charge in [-0.05, 0) is 11.1 Å². The van der Waals surface area contributed by atoms with Crippen molar-refractivity contribution in [3.8, 4) is 0 Å². The van der Waals surface area contributed by atoms with Crippen LogP contribution in [0, 0.1) is 0 Å². The topological polar surface area (TPSA) is 35.2 Å². The second kappa shape index (κ2) is 5.86. The van der Waals surface area contributed by atoms with Crippen LogP contribution in [-0.2, 0) is 17.8 Å². The summed E-state index contributed by atoms with van der Waals surface area (Å²) in [7, 11) is 0. The molecule has 1 aromatic rings. The maximum absolute atomic E-state index is 12.1. The first-order valence-electron chi connectivity index (χ1n) is 4.93. The molecule has 0 aliphatic heterocycles. The van der Waals surface area contributed by atoms with E-state index in [-0.39, 0.29) is 5.56 Å². The van der Waals surface area contributed by atoms with Gasteiger partial charge in [0, 0.05) is 6.54 Å². The zero-order chi connectivity index (χ0) is 12.0. The zero-order valence-electron chi connectivity index (χ0n) is 8.76. The number of alkyl halides is 3. The number of ether oxygens (including phenoxy) is 1. The summed E-state index contributed by atoms with van der Waals surface area (Å²) in [4.78, 5) is 0. The quantitative estimate of drug-likeness (QED) is 0.792. The molecule has 2 nitrogen and oxygen atoms in total. The molecule has 16 heavy (non-hydrogen) atoms. The predicted molar refractivity (Wildman–Crippen MR) is 54.9 cm³/mol. The van der Waals surface area contributed by atoms with Gasteiger partial charge in [0.15, 0.2) is 0 Å². The molecule has 2 N–H and O–H groups in total. The van der Waals surface area contributed by atoms with Crippen molar-refractivity contribution < 1.29 is 17.9 Å². The van der Waals surface area contributed by atoms with Crippen molar-refractivity contribution in [2.24, 2.45) is 5.73 Å². The lowest BCUT2D eigenvalue weighted by Gasteiger charge is -2.07. The highest BCUT2D eigenvalue weighted by Gasteiger charge is 2.27. The molecule has 0 spiro atoms. The second-order valence-corrected chi connectivity index (χ2v) is 3.45. The van der Waals surface area contributed by atoms with E-state index in [2.05, 4.69) is 0 Å². The molecule has 5 heteroatoms. The van der Waals surface area contributed by atoms with Gasteiger partial charge in [-0.2, -0.15) is 13.2 Å². The third-order valence-corrected chi connectivity index (χ3v) is 1.96. The molecular weight excluding hydrogens is 219 g/mol. The van der Waals surface area contributed by atoms with Crippen molar-refractivity contribution >= 4 is 0 Å². The molecule has 1 aromatic carbocycles. The fourth-order valence-electron chi connectivity index (χ4n) is 1.26. The smallest absolute Gasteiger partial charge is 0.375 e. The van der Waals surface area contributed by atoms with Crippen LogP contribution in [0.3, 0.4) is 0 Å². The van der Waals surface area contributed by atoms with Crippen molar-refractivity contribution in [3.63, 3.8) is 0 Å². The predicted octanol–water partition coefficient (Wildman–Crippen LogP) is 2.27. The standard InChI is InChI=1S/C11H14F3NO/c12-11(13,14)7-9-1-3-10(4-2-9)8-16-6-5-15/h1-4H,5-8,15H2. The van der Waals surface area contributed by atoms with Crippen LogP contribution in [0.2, 0.25) is 0 Å². The van der Waals surface area contributed by atoms with Gasteiger partial charge >= 0.3 is 6.18 Å². The largest absolute Gasteiger partial charge is 0.393 e. The second-order valence-electron chi connectivity index (χ2n) is 3.45. The molecule has 90 valence electrons. The molecule has 0 fully saturated rings. The van der Waals surface area contributed by atoms with Gasteiger partial charge in [0.25, 0.3) is 0 Å². The van der Waals surface area contributed by atoms with Crippen molar-refractivity contribution in [2.75, 3.05) is 13.2 Å². The number of hydrogen-bond donors (Lipinski definition) is 1. The summed E-state index contributed by atoms with van der Waals surface area (Å²) in [6.07, 6.45) is -5.05. The van der Waals surface area contributed by atoms with Crippen LogP contribution in [-0.4, -0.2) is 19.3 Å². The molecule has 0 aliphatic rings. The highest BCUT2D eigenvalue weighted by atomic mass is 19.4. The lowest BCUT2D eigenvalue weighted by atomic mass is 10.1. The Labute approximate surface area is 92.2 Å². The van der Waals surface area contributed by atoms with E-state index < -0.39 is 12.6 Å². The Morgan fingerprint density at radius 2 is 1.62 bits per heavy atom. The van der Waals surface area contributed by atoms with Crippen LogP contribution in [0.1, 0.15) is 11.1 Å². The molecule has 0 unspecified atom stereocenters. The van der Waals surface area contributed by atoms with E-state index in [1.807, 2.05) is 0 Å². The Bertz CT molecular complexity index is 308. The first-order chi connectivity index (χ1) is 7.51. The van der Waals surface area contributed by atoms with E-state index >= 15 is 0 Å². The van der Waals surface area contributed by atoms with Gasteiger partial charge in [0.1, 0.15) is 0 Å². The number of halogens is 3. The van der Waals surface area contributed by atoms with Crippen molar-refractivity contribution in [2.45, 2.75) is 19.2 Å². The Morgan fingerprint density at radius 1 is 1.06 bits per heavy atom. The summed E-state index contributed by atoms with van der Waals surface area (Å²) in [5, 5.41) is 0. The fourth-order valence-corrected chi connectivity index (χ4v) is 1.26. The molecular formula is C11H14F3NO. The SMILES string of the molecule is NCCOCc1ccc(CC(F)(F)F)cc1. The molecule has 0 aromatic heterocycles. The molecule has 0 heterocycles. The summed E-state index contributed by atoms with van der Waals surface area (Å²) < 4.78 is 41.3. The Balaban J connectivity index is 2.48. The van der Waals surface area contributed by atoms with E-state index in [4.69, 9.17) is 10.5 Å². The van der Waals surface area contributed by atoms with Crippen molar-refractivity contribution in [1.82, 2.24) is 0 Å². The fraction of sp³-hybridized carbons (Fsp3) is 0.455. The van der Waals surface area contributed by atoms with Gasteiger partial charge < -0.3 is 10.5 Å². The minimum atomic E-state index is -4.16. The molecule has 0 radical (unpaired) electrons. The summed E-state index contributed by atoms with van der Waals surface area (Å²) in [6.45, 7) is 1.26. The van der Waals surface area contributed by atoms with Gasteiger partial charge in [-0.25, -0.2) is 0 Å². The van der Waals surface area contributed by atoms with E-state index in [9.17, 15) is 13.2 Å². The highest BCUT2D eigenvalue weighted by Crippen LogP contribution is 2.21. The van der Waals surface area contributed by atoms with Gasteiger partial charge in [0.05, 0.1) is 19.6 Å². The first kappa shape index (κ1) is 13.0.